The molecule has 6 nitrogen and oxygen atoms in total. The zero-order valence-electron chi connectivity index (χ0n) is 15.6. The number of nitrogens with zero attached hydrogens (tertiary/aromatic N) is 3. The van der Waals surface area contributed by atoms with Crippen LogP contribution >= 0.6 is 0 Å². The van der Waals surface area contributed by atoms with Gasteiger partial charge in [-0.1, -0.05) is 0 Å². The minimum Gasteiger partial charge on any atom is -0.378 e. The van der Waals surface area contributed by atoms with Crippen molar-refractivity contribution in [3.05, 3.63) is 48.0 Å². The zero-order valence-corrected chi connectivity index (χ0v) is 15.6. The Morgan fingerprint density at radius 1 is 1.13 bits per heavy atom. The number of alkyl halides is 4. The Bertz CT molecular complexity index is 1140. The maximum Gasteiger partial charge on any atom is 0.420 e. The first-order chi connectivity index (χ1) is 14.1. The summed E-state index contributed by atoms with van der Waals surface area (Å²) in [5.41, 5.74) is 0.961. The van der Waals surface area contributed by atoms with Gasteiger partial charge in [-0.15, -0.1) is 0 Å². The largest absolute Gasteiger partial charge is 0.420 e. The van der Waals surface area contributed by atoms with Crippen LogP contribution in [0.2, 0.25) is 0 Å². The predicted molar refractivity (Wildman–Crippen MR) is 100 cm³/mol. The van der Waals surface area contributed by atoms with Crippen LogP contribution in [0.4, 0.5) is 23.4 Å². The number of fused-ring (bicyclic) bond motifs is 1. The van der Waals surface area contributed by atoms with E-state index in [1.165, 1.54) is 24.7 Å². The summed E-state index contributed by atoms with van der Waals surface area (Å²) in [6.07, 6.45) is -4.05. The quantitative estimate of drug-likeness (QED) is 0.626. The molecular weight excluding hydrogens is 404 g/mol. The SMILES string of the molecule is Cc1cc([C@@H](O)C(F)(F)F)ncc1-c1cc2cnc(NC(=O)[C@@H]3C[C@@H]3F)cc2cn1. The van der Waals surface area contributed by atoms with E-state index in [-0.39, 0.29) is 12.2 Å². The molecule has 0 aromatic carbocycles. The van der Waals surface area contributed by atoms with Crippen molar-refractivity contribution in [1.29, 1.82) is 0 Å². The lowest BCUT2D eigenvalue weighted by molar-refractivity contribution is -0.207. The number of carbonyl (C=O) groups excluding carboxylic acids is 1. The normalized spacial score (nSPS) is 19.5. The first-order valence-corrected chi connectivity index (χ1v) is 9.06. The number of hydrogen-bond acceptors (Lipinski definition) is 5. The fourth-order valence-electron chi connectivity index (χ4n) is 3.07. The predicted octanol–water partition coefficient (Wildman–Crippen LogP) is 3.89. The lowest BCUT2D eigenvalue weighted by Gasteiger charge is -2.15. The van der Waals surface area contributed by atoms with E-state index in [0.29, 0.717) is 27.6 Å². The fraction of sp³-hybridized carbons (Fsp3) is 0.300. The van der Waals surface area contributed by atoms with Gasteiger partial charge in [0.15, 0.2) is 6.10 Å². The molecule has 4 rings (SSSR count). The Morgan fingerprint density at radius 3 is 2.43 bits per heavy atom. The number of aliphatic hydroxyl groups is 1. The topological polar surface area (TPSA) is 88.0 Å². The van der Waals surface area contributed by atoms with Crippen molar-refractivity contribution < 1.29 is 27.5 Å². The van der Waals surface area contributed by atoms with Gasteiger partial charge < -0.3 is 10.4 Å². The van der Waals surface area contributed by atoms with Crippen LogP contribution in [0.5, 0.6) is 0 Å². The first-order valence-electron chi connectivity index (χ1n) is 9.06. The van der Waals surface area contributed by atoms with Crippen molar-refractivity contribution in [3.63, 3.8) is 0 Å². The van der Waals surface area contributed by atoms with Gasteiger partial charge in [-0.25, -0.2) is 9.37 Å². The Hall–Kier alpha value is -3.14. The fourth-order valence-corrected chi connectivity index (χ4v) is 3.07. The third kappa shape index (κ3) is 3.95. The summed E-state index contributed by atoms with van der Waals surface area (Å²) in [4.78, 5) is 24.0. The summed E-state index contributed by atoms with van der Waals surface area (Å²) < 4.78 is 51.0. The average Bonchev–Trinajstić information content (AvgIpc) is 3.43. The summed E-state index contributed by atoms with van der Waals surface area (Å²) in [5, 5.41) is 13.3. The van der Waals surface area contributed by atoms with Crippen molar-refractivity contribution in [2.45, 2.75) is 31.8 Å². The molecule has 3 heterocycles. The minimum absolute atomic E-state index is 0.219. The molecule has 0 radical (unpaired) electrons. The second-order valence-electron chi connectivity index (χ2n) is 7.20. The van der Waals surface area contributed by atoms with Gasteiger partial charge in [-0.3, -0.25) is 14.8 Å². The molecule has 156 valence electrons. The summed E-state index contributed by atoms with van der Waals surface area (Å²) in [7, 11) is 0. The number of hydrogen-bond donors (Lipinski definition) is 2. The van der Waals surface area contributed by atoms with Gasteiger partial charge in [-0.2, -0.15) is 13.2 Å². The number of aliphatic hydroxyl groups excluding tert-OH is 1. The van der Waals surface area contributed by atoms with Crippen molar-refractivity contribution in [3.8, 4) is 11.3 Å². The van der Waals surface area contributed by atoms with Crippen LogP contribution in [0.1, 0.15) is 23.8 Å². The molecular formula is C20H16F4N4O2. The molecule has 0 unspecified atom stereocenters. The highest BCUT2D eigenvalue weighted by Crippen LogP contribution is 2.35. The number of anilines is 1. The van der Waals surface area contributed by atoms with Gasteiger partial charge >= 0.3 is 6.18 Å². The number of aryl methyl sites for hydroxylation is 1. The van der Waals surface area contributed by atoms with E-state index in [1.807, 2.05) is 0 Å². The summed E-state index contributed by atoms with van der Waals surface area (Å²) in [6, 6.07) is 4.47. The van der Waals surface area contributed by atoms with E-state index in [2.05, 4.69) is 20.3 Å². The maximum absolute atomic E-state index is 13.0. The Labute approximate surface area is 168 Å². The van der Waals surface area contributed by atoms with E-state index >= 15 is 0 Å². The standard InChI is InChI=1S/C20H16F4N4O2/c1-9-2-16(18(29)20(22,23)24)26-8-13(9)15-3-10-7-27-17(4-11(10)6-25-15)28-19(30)12-5-14(12)21/h2-4,6-8,12,14,18,29H,5H2,1H3,(H,27,28,30)/t12-,14+,18-/m1/s1. The van der Waals surface area contributed by atoms with Gasteiger partial charge in [-0.05, 0) is 37.1 Å². The molecule has 1 saturated carbocycles. The number of carbonyl (C=O) groups is 1. The van der Waals surface area contributed by atoms with Crippen LogP contribution in [0.3, 0.4) is 0 Å². The molecule has 30 heavy (non-hydrogen) atoms. The van der Waals surface area contributed by atoms with E-state index in [4.69, 9.17) is 0 Å². The number of halogens is 4. The van der Waals surface area contributed by atoms with Gasteiger partial charge in [0.2, 0.25) is 5.91 Å². The van der Waals surface area contributed by atoms with Crippen LogP contribution in [-0.4, -0.2) is 38.3 Å². The third-order valence-corrected chi connectivity index (χ3v) is 4.90. The lowest BCUT2D eigenvalue weighted by Crippen LogP contribution is -2.21. The van der Waals surface area contributed by atoms with Crippen molar-refractivity contribution in [1.82, 2.24) is 15.0 Å². The average molecular weight is 420 g/mol. The first kappa shape index (κ1) is 20.1. The van der Waals surface area contributed by atoms with E-state index in [9.17, 15) is 27.5 Å². The van der Waals surface area contributed by atoms with Gasteiger partial charge in [0.1, 0.15) is 12.0 Å². The molecule has 3 aromatic heterocycles. The molecule has 10 heteroatoms. The highest BCUT2D eigenvalue weighted by Gasteiger charge is 2.43. The van der Waals surface area contributed by atoms with E-state index in [0.717, 1.165) is 0 Å². The molecule has 1 amide bonds. The molecule has 3 atom stereocenters. The number of aromatic nitrogens is 3. The minimum atomic E-state index is -4.80. The number of rotatable bonds is 4. The summed E-state index contributed by atoms with van der Waals surface area (Å²) in [5.74, 6) is -0.761. The number of pyridine rings is 3. The molecule has 3 aromatic rings. The molecule has 0 spiro atoms. The Balaban J connectivity index is 1.59. The Morgan fingerprint density at radius 2 is 1.80 bits per heavy atom. The monoisotopic (exact) mass is 420 g/mol. The highest BCUT2D eigenvalue weighted by atomic mass is 19.4. The van der Waals surface area contributed by atoms with Gasteiger partial charge in [0.05, 0.1) is 17.3 Å². The molecule has 0 saturated heterocycles. The maximum atomic E-state index is 13.0. The second kappa shape index (κ2) is 7.28. The van der Waals surface area contributed by atoms with Crippen LogP contribution in [0, 0.1) is 12.8 Å². The molecule has 0 bridgehead atoms. The van der Waals surface area contributed by atoms with Crippen molar-refractivity contribution in [2.75, 3.05) is 5.32 Å². The second-order valence-corrected chi connectivity index (χ2v) is 7.20. The lowest BCUT2D eigenvalue weighted by atomic mass is 10.0. The number of amides is 1. The molecule has 2 N–H and O–H groups in total. The molecule has 1 aliphatic rings. The molecule has 1 fully saturated rings. The van der Waals surface area contributed by atoms with Crippen molar-refractivity contribution >= 4 is 22.5 Å². The van der Waals surface area contributed by atoms with Gasteiger partial charge in [0.25, 0.3) is 0 Å². The zero-order chi connectivity index (χ0) is 21.6. The highest BCUT2D eigenvalue weighted by molar-refractivity contribution is 5.96. The third-order valence-electron chi connectivity index (χ3n) is 4.90. The van der Waals surface area contributed by atoms with Crippen LogP contribution in [0.15, 0.2) is 36.8 Å². The van der Waals surface area contributed by atoms with E-state index < -0.39 is 36.0 Å². The van der Waals surface area contributed by atoms with Gasteiger partial charge in [0, 0.05) is 34.9 Å². The van der Waals surface area contributed by atoms with Crippen LogP contribution in [0.25, 0.3) is 22.0 Å². The Kier molecular flexibility index (Phi) is 4.89. The van der Waals surface area contributed by atoms with E-state index in [1.54, 1.807) is 19.1 Å². The van der Waals surface area contributed by atoms with Crippen molar-refractivity contribution in [2.24, 2.45) is 5.92 Å². The van der Waals surface area contributed by atoms with Crippen LogP contribution < -0.4 is 5.32 Å². The smallest absolute Gasteiger partial charge is 0.378 e. The number of nitrogens with one attached hydrogen (secondary N) is 1. The molecule has 1 aliphatic carbocycles. The van der Waals surface area contributed by atoms with Crippen LogP contribution in [-0.2, 0) is 4.79 Å². The molecule has 0 aliphatic heterocycles. The summed E-state index contributed by atoms with van der Waals surface area (Å²) in [6.45, 7) is 1.60. The summed E-state index contributed by atoms with van der Waals surface area (Å²) >= 11 is 0.